The van der Waals surface area contributed by atoms with Crippen LogP contribution in [0.5, 0.6) is 0 Å². The molecule has 5 aromatic rings. The predicted molar refractivity (Wildman–Crippen MR) is 121 cm³/mol. The normalized spacial score (nSPS) is 9.90. The van der Waals surface area contributed by atoms with E-state index in [9.17, 15) is 0 Å². The molecule has 0 aliphatic carbocycles. The second kappa shape index (κ2) is 10.5. The minimum atomic E-state index is 0. The zero-order valence-electron chi connectivity index (χ0n) is 16.7. The van der Waals surface area contributed by atoms with Crippen molar-refractivity contribution in [3.63, 3.8) is 0 Å². The van der Waals surface area contributed by atoms with E-state index in [0.717, 1.165) is 33.9 Å². The molecule has 0 aliphatic heterocycles. The van der Waals surface area contributed by atoms with Gasteiger partial charge in [0.05, 0.1) is 0 Å². The third-order valence-corrected chi connectivity index (χ3v) is 4.62. The van der Waals surface area contributed by atoms with Gasteiger partial charge in [-0.25, -0.2) is 22.1 Å². The van der Waals surface area contributed by atoms with Gasteiger partial charge in [-0.15, -0.1) is 12.1 Å². The van der Waals surface area contributed by atoms with Crippen LogP contribution in [0.1, 0.15) is 5.56 Å². The molecule has 5 rings (SSSR count). The summed E-state index contributed by atoms with van der Waals surface area (Å²) in [5.74, 6) is 0.757. The molecule has 1 heterocycles. The molecule has 0 bridgehead atoms. The van der Waals surface area contributed by atoms with E-state index in [4.69, 9.17) is 9.97 Å². The zero-order valence-corrected chi connectivity index (χ0v) is 17.8. The van der Waals surface area contributed by atoms with Crippen molar-refractivity contribution in [3.8, 4) is 33.9 Å². The van der Waals surface area contributed by atoms with E-state index < -0.39 is 0 Å². The summed E-state index contributed by atoms with van der Waals surface area (Å²) < 4.78 is 0. The Bertz CT molecular complexity index is 1110. The first-order valence-electron chi connectivity index (χ1n) is 9.70. The number of rotatable bonds is 3. The minimum absolute atomic E-state index is 0. The molecule has 2 nitrogen and oxygen atoms in total. The second-order valence-electron chi connectivity index (χ2n) is 6.83. The molecular weight excluding hydrogens is 408 g/mol. The molecule has 0 spiro atoms. The zero-order chi connectivity index (χ0) is 19.9. The quantitative estimate of drug-likeness (QED) is 0.230. The summed E-state index contributed by atoms with van der Waals surface area (Å²) in [6.45, 7) is 2.08. The Labute approximate surface area is 188 Å². The maximum atomic E-state index is 4.80. The van der Waals surface area contributed by atoms with E-state index in [1.807, 2.05) is 60.7 Å². The average Bonchev–Trinajstić information content (AvgIpc) is 3.51. The van der Waals surface area contributed by atoms with Crippen molar-refractivity contribution in [2.75, 3.05) is 0 Å². The predicted octanol–water partition coefficient (Wildman–Crippen LogP) is 6.91. The van der Waals surface area contributed by atoms with E-state index in [2.05, 4.69) is 61.5 Å². The number of benzene rings is 2. The monoisotopic (exact) mass is 430 g/mol. The number of hydrogen-bond donors (Lipinski definition) is 0. The Kier molecular flexibility index (Phi) is 7.50. The van der Waals surface area contributed by atoms with Crippen LogP contribution in [0.3, 0.4) is 0 Å². The van der Waals surface area contributed by atoms with Gasteiger partial charge in [-0.1, -0.05) is 71.8 Å². The van der Waals surface area contributed by atoms with Gasteiger partial charge in [0, 0.05) is 11.3 Å². The Morgan fingerprint density at radius 2 is 1.37 bits per heavy atom. The molecule has 4 aromatic carbocycles. The van der Waals surface area contributed by atoms with Crippen molar-refractivity contribution < 1.29 is 17.1 Å². The maximum absolute atomic E-state index is 4.80. The van der Waals surface area contributed by atoms with Crippen LogP contribution in [0.4, 0.5) is 0 Å². The van der Waals surface area contributed by atoms with E-state index >= 15 is 0 Å². The van der Waals surface area contributed by atoms with Gasteiger partial charge in [-0.2, -0.15) is 30.3 Å². The minimum Gasteiger partial charge on any atom is -0.248 e. The van der Waals surface area contributed by atoms with Crippen molar-refractivity contribution in [1.29, 1.82) is 0 Å². The van der Waals surface area contributed by atoms with Gasteiger partial charge in [0.15, 0.2) is 5.82 Å². The van der Waals surface area contributed by atoms with Gasteiger partial charge in [-0.05, 0) is 18.2 Å². The number of aryl methyl sites for hydroxylation is 1. The van der Waals surface area contributed by atoms with E-state index in [0.29, 0.717) is 0 Å². The smallest absolute Gasteiger partial charge is 0.248 e. The van der Waals surface area contributed by atoms with Gasteiger partial charge < -0.3 is 0 Å². The third kappa shape index (κ3) is 5.42. The van der Waals surface area contributed by atoms with Crippen LogP contribution in [-0.4, -0.2) is 9.97 Å². The average molecular weight is 430 g/mol. The largest absolute Gasteiger partial charge is 2.00 e. The molecule has 0 aliphatic rings. The number of nitrogens with zero attached hydrogens (tertiary/aromatic N) is 2. The standard InChI is InChI=1S/C22H17N2.C5H5.Fe/c1-16-11-13-19(14-12-16)22-23-20(17-7-3-2-4-8-17)15-21(24-22)18-9-5-6-10-18;1-2-4-5-3-1;/h2-15H,1H3;1-5H;/q2*-1;+2. The van der Waals surface area contributed by atoms with Crippen LogP contribution in [0.25, 0.3) is 33.9 Å². The van der Waals surface area contributed by atoms with Crippen LogP contribution in [0.15, 0.2) is 115 Å². The van der Waals surface area contributed by atoms with Crippen molar-refractivity contribution in [2.24, 2.45) is 0 Å². The Balaban J connectivity index is 0.000000376. The molecular formula is C27H22FeN2. The van der Waals surface area contributed by atoms with Gasteiger partial charge in [0.2, 0.25) is 0 Å². The van der Waals surface area contributed by atoms with Crippen LogP contribution in [0.2, 0.25) is 0 Å². The first kappa shape index (κ1) is 21.4. The van der Waals surface area contributed by atoms with Crippen LogP contribution < -0.4 is 0 Å². The first-order chi connectivity index (χ1) is 14.3. The number of aromatic nitrogens is 2. The van der Waals surface area contributed by atoms with E-state index in [-0.39, 0.29) is 17.1 Å². The van der Waals surface area contributed by atoms with Crippen LogP contribution >= 0.6 is 0 Å². The van der Waals surface area contributed by atoms with Gasteiger partial charge in [-0.3, -0.25) is 0 Å². The molecule has 1 aromatic heterocycles. The van der Waals surface area contributed by atoms with Crippen molar-refractivity contribution in [2.45, 2.75) is 6.92 Å². The fourth-order valence-corrected chi connectivity index (χ4v) is 3.05. The molecule has 0 saturated carbocycles. The second-order valence-corrected chi connectivity index (χ2v) is 6.83. The molecule has 0 radical (unpaired) electrons. The number of hydrogen-bond acceptors (Lipinski definition) is 2. The fraction of sp³-hybridized carbons (Fsp3) is 0.0370. The maximum Gasteiger partial charge on any atom is 2.00 e. The Hall–Kier alpha value is -3.26. The summed E-state index contributed by atoms with van der Waals surface area (Å²) >= 11 is 0. The van der Waals surface area contributed by atoms with Gasteiger partial charge >= 0.3 is 17.1 Å². The van der Waals surface area contributed by atoms with Crippen molar-refractivity contribution in [1.82, 2.24) is 9.97 Å². The van der Waals surface area contributed by atoms with Gasteiger partial charge in [0.1, 0.15) is 0 Å². The molecule has 0 N–H and O–H groups in total. The first-order valence-corrected chi connectivity index (χ1v) is 9.70. The molecule has 0 saturated heterocycles. The van der Waals surface area contributed by atoms with Gasteiger partial charge in [0.25, 0.3) is 0 Å². The summed E-state index contributed by atoms with van der Waals surface area (Å²) in [6.07, 6.45) is 0. The Morgan fingerprint density at radius 1 is 0.700 bits per heavy atom. The topological polar surface area (TPSA) is 25.8 Å². The molecule has 0 fully saturated rings. The molecule has 3 heteroatoms. The summed E-state index contributed by atoms with van der Waals surface area (Å²) in [5, 5.41) is 0. The molecule has 30 heavy (non-hydrogen) atoms. The van der Waals surface area contributed by atoms with Crippen molar-refractivity contribution in [3.05, 3.63) is 121 Å². The summed E-state index contributed by atoms with van der Waals surface area (Å²) in [4.78, 5) is 9.59. The van der Waals surface area contributed by atoms with E-state index in [1.165, 1.54) is 5.56 Å². The summed E-state index contributed by atoms with van der Waals surface area (Å²) in [5.41, 5.74) is 6.37. The van der Waals surface area contributed by atoms with Crippen LogP contribution in [-0.2, 0) is 17.1 Å². The molecule has 0 unspecified atom stereocenters. The summed E-state index contributed by atoms with van der Waals surface area (Å²) in [7, 11) is 0. The molecule has 0 atom stereocenters. The van der Waals surface area contributed by atoms with E-state index in [1.54, 1.807) is 0 Å². The SMILES string of the molecule is Cc1ccc(-c2nc(-c3ccccc3)cc(-[c-]3cccc3)n2)cc1.[Fe+2].c1cc[cH-]c1. The molecule has 148 valence electrons. The molecule has 0 amide bonds. The Morgan fingerprint density at radius 3 is 1.97 bits per heavy atom. The summed E-state index contributed by atoms with van der Waals surface area (Å²) in [6, 6.07) is 38.9. The fourth-order valence-electron chi connectivity index (χ4n) is 3.05. The van der Waals surface area contributed by atoms with Crippen molar-refractivity contribution >= 4 is 0 Å². The van der Waals surface area contributed by atoms with Crippen LogP contribution in [0, 0.1) is 6.92 Å². The third-order valence-electron chi connectivity index (χ3n) is 4.62.